The third-order valence-corrected chi connectivity index (χ3v) is 7.05. The largest absolute Gasteiger partial charge is 0.467 e. The third kappa shape index (κ3) is 5.85. The highest BCUT2D eigenvalue weighted by atomic mass is 127. The van der Waals surface area contributed by atoms with E-state index < -0.39 is 17.4 Å². The maximum absolute atomic E-state index is 13.7. The summed E-state index contributed by atoms with van der Waals surface area (Å²) in [6.07, 6.45) is 0.481. The van der Waals surface area contributed by atoms with Crippen molar-refractivity contribution in [2.75, 3.05) is 7.11 Å². The van der Waals surface area contributed by atoms with Crippen molar-refractivity contribution in [2.24, 2.45) is 0 Å². The van der Waals surface area contributed by atoms with Crippen molar-refractivity contribution in [2.45, 2.75) is 24.3 Å². The monoisotopic (exact) mass is 589 g/mol. The van der Waals surface area contributed by atoms with Crippen molar-refractivity contribution in [3.05, 3.63) is 141 Å². The summed E-state index contributed by atoms with van der Waals surface area (Å²) >= 11 is 2.24. The minimum Gasteiger partial charge on any atom is -0.467 e. The van der Waals surface area contributed by atoms with Crippen LogP contribution in [0.2, 0.25) is 0 Å². The summed E-state index contributed by atoms with van der Waals surface area (Å²) in [6, 6.07) is 37.3. The molecule has 0 spiro atoms. The number of carbonyl (C=O) groups is 2. The molecule has 0 saturated heterocycles. The van der Waals surface area contributed by atoms with E-state index in [1.54, 1.807) is 0 Å². The molecule has 0 fully saturated rings. The van der Waals surface area contributed by atoms with Crippen LogP contribution in [0.4, 0.5) is 0 Å². The van der Waals surface area contributed by atoms with Gasteiger partial charge in [0.05, 0.1) is 12.5 Å². The first-order chi connectivity index (χ1) is 17.5. The van der Waals surface area contributed by atoms with E-state index in [4.69, 9.17) is 4.74 Å². The molecule has 0 aliphatic rings. The van der Waals surface area contributed by atoms with Gasteiger partial charge in [-0.3, -0.25) is 4.79 Å². The van der Waals surface area contributed by atoms with Crippen LogP contribution in [0.3, 0.4) is 0 Å². The van der Waals surface area contributed by atoms with Crippen molar-refractivity contribution < 1.29 is 14.3 Å². The number of methoxy groups -OCH3 is 1. The topological polar surface area (TPSA) is 55.4 Å². The van der Waals surface area contributed by atoms with Gasteiger partial charge in [-0.1, -0.05) is 103 Å². The number of carbonyl (C=O) groups excluding carboxylic acids is 2. The molecule has 0 bridgehead atoms. The fourth-order valence-electron chi connectivity index (χ4n) is 4.70. The fraction of sp³-hybridized carbons (Fsp3) is 0.161. The molecule has 4 rings (SSSR count). The van der Waals surface area contributed by atoms with Crippen LogP contribution < -0.4 is 5.32 Å². The predicted molar refractivity (Wildman–Crippen MR) is 151 cm³/mol. The second-order valence-electron chi connectivity index (χ2n) is 8.66. The summed E-state index contributed by atoms with van der Waals surface area (Å²) in [4.78, 5) is 26.4. The summed E-state index contributed by atoms with van der Waals surface area (Å²) < 4.78 is 6.11. The van der Waals surface area contributed by atoms with E-state index in [9.17, 15) is 9.59 Å². The lowest BCUT2D eigenvalue weighted by molar-refractivity contribution is -0.145. The van der Waals surface area contributed by atoms with Crippen LogP contribution in [0.5, 0.6) is 0 Å². The van der Waals surface area contributed by atoms with Gasteiger partial charge < -0.3 is 10.1 Å². The van der Waals surface area contributed by atoms with Gasteiger partial charge in [0.15, 0.2) is 0 Å². The van der Waals surface area contributed by atoms with E-state index in [0.717, 1.165) is 25.8 Å². The van der Waals surface area contributed by atoms with Gasteiger partial charge in [0.25, 0.3) is 0 Å². The van der Waals surface area contributed by atoms with Gasteiger partial charge in [-0.05, 0) is 57.0 Å². The fourth-order valence-corrected chi connectivity index (χ4v) is 5.30. The van der Waals surface area contributed by atoms with Crippen LogP contribution in [-0.4, -0.2) is 25.0 Å². The number of hydrogen-bond acceptors (Lipinski definition) is 3. The lowest BCUT2D eigenvalue weighted by Crippen LogP contribution is -2.46. The number of halogens is 1. The van der Waals surface area contributed by atoms with Gasteiger partial charge in [0.2, 0.25) is 5.91 Å². The maximum atomic E-state index is 13.7. The van der Waals surface area contributed by atoms with Gasteiger partial charge in [0.1, 0.15) is 6.04 Å². The zero-order valence-electron chi connectivity index (χ0n) is 20.1. The SMILES string of the molecule is COC(=O)[C@H](Cc1cccc(I)c1)NC(=O)CC(c1ccccc1)(c1ccccc1)c1ccccc1. The Morgan fingerprint density at radius 1 is 0.778 bits per heavy atom. The average Bonchev–Trinajstić information content (AvgIpc) is 2.92. The van der Waals surface area contributed by atoms with E-state index in [-0.39, 0.29) is 12.3 Å². The highest BCUT2D eigenvalue weighted by Gasteiger charge is 2.39. The molecular formula is C31H28INO3. The number of nitrogens with one attached hydrogen (secondary N) is 1. The van der Waals surface area contributed by atoms with Gasteiger partial charge in [-0.2, -0.15) is 0 Å². The minimum absolute atomic E-state index is 0.130. The molecule has 4 aromatic carbocycles. The Kier molecular flexibility index (Phi) is 8.54. The molecule has 0 unspecified atom stereocenters. The highest BCUT2D eigenvalue weighted by Crippen LogP contribution is 2.42. The molecule has 5 heteroatoms. The smallest absolute Gasteiger partial charge is 0.328 e. The first-order valence-electron chi connectivity index (χ1n) is 11.8. The van der Waals surface area contributed by atoms with E-state index in [0.29, 0.717) is 6.42 Å². The van der Waals surface area contributed by atoms with Crippen molar-refractivity contribution in [3.63, 3.8) is 0 Å². The molecular weight excluding hydrogens is 561 g/mol. The van der Waals surface area contributed by atoms with E-state index in [2.05, 4.69) is 64.3 Å². The molecule has 182 valence electrons. The molecule has 4 nitrogen and oxygen atoms in total. The molecule has 0 saturated carbocycles. The Labute approximate surface area is 225 Å². The van der Waals surface area contributed by atoms with E-state index >= 15 is 0 Å². The van der Waals surface area contributed by atoms with E-state index in [1.807, 2.05) is 78.9 Å². The summed E-state index contributed by atoms with van der Waals surface area (Å²) in [5.74, 6) is -0.695. The Bertz CT molecular complexity index is 1200. The average molecular weight is 589 g/mol. The molecule has 4 aromatic rings. The first-order valence-corrected chi connectivity index (χ1v) is 12.9. The van der Waals surface area contributed by atoms with E-state index in [1.165, 1.54) is 7.11 Å². The highest BCUT2D eigenvalue weighted by molar-refractivity contribution is 14.1. The molecule has 1 N–H and O–H groups in total. The quantitative estimate of drug-likeness (QED) is 0.150. The lowest BCUT2D eigenvalue weighted by Gasteiger charge is -2.36. The second kappa shape index (κ2) is 12.0. The molecule has 36 heavy (non-hydrogen) atoms. The van der Waals surface area contributed by atoms with Gasteiger partial charge in [0, 0.05) is 16.4 Å². The number of ether oxygens (including phenoxy) is 1. The van der Waals surface area contributed by atoms with Crippen molar-refractivity contribution in [1.82, 2.24) is 5.32 Å². The van der Waals surface area contributed by atoms with Gasteiger partial charge >= 0.3 is 5.97 Å². The number of amides is 1. The minimum atomic E-state index is -0.791. The number of rotatable bonds is 9. The summed E-state index contributed by atoms with van der Waals surface area (Å²) in [5.41, 5.74) is 3.23. The molecule has 1 amide bonds. The van der Waals surface area contributed by atoms with Crippen LogP contribution in [0.25, 0.3) is 0 Å². The maximum Gasteiger partial charge on any atom is 0.328 e. The second-order valence-corrected chi connectivity index (χ2v) is 9.90. The summed E-state index contributed by atoms with van der Waals surface area (Å²) in [7, 11) is 1.35. The number of benzene rings is 4. The van der Waals surface area contributed by atoms with Gasteiger partial charge in [-0.25, -0.2) is 4.79 Å². The van der Waals surface area contributed by atoms with Gasteiger partial charge in [-0.15, -0.1) is 0 Å². The number of hydrogen-bond donors (Lipinski definition) is 1. The first kappa shape index (κ1) is 25.6. The third-order valence-electron chi connectivity index (χ3n) is 6.38. The standard InChI is InChI=1S/C31H28INO3/c1-36-30(35)28(21-23-12-11-19-27(32)20-23)33-29(34)22-31(24-13-5-2-6-14-24,25-15-7-3-8-16-25)26-17-9-4-10-18-26/h2-20,28H,21-22H2,1H3,(H,33,34)/t28-/m0/s1. The summed E-state index contributed by atoms with van der Waals surface area (Å²) in [5, 5.41) is 2.98. The van der Waals surface area contributed by atoms with Crippen LogP contribution >= 0.6 is 22.6 Å². The summed E-state index contributed by atoms with van der Waals surface area (Å²) in [6.45, 7) is 0. The molecule has 1 atom stereocenters. The lowest BCUT2D eigenvalue weighted by atomic mass is 9.67. The van der Waals surface area contributed by atoms with Crippen LogP contribution in [0.1, 0.15) is 28.7 Å². The predicted octanol–water partition coefficient (Wildman–Crippen LogP) is 5.92. The van der Waals surface area contributed by atoms with Crippen LogP contribution in [0, 0.1) is 3.57 Å². The molecule has 0 aliphatic carbocycles. The molecule has 0 aromatic heterocycles. The Hall–Kier alpha value is -3.45. The normalized spacial score (nSPS) is 11.9. The Morgan fingerprint density at radius 2 is 1.28 bits per heavy atom. The van der Waals surface area contributed by atoms with Crippen molar-refractivity contribution in [1.29, 1.82) is 0 Å². The molecule has 0 heterocycles. The van der Waals surface area contributed by atoms with Crippen LogP contribution in [0.15, 0.2) is 115 Å². The zero-order chi connectivity index (χ0) is 25.4. The zero-order valence-corrected chi connectivity index (χ0v) is 22.2. The Morgan fingerprint density at radius 3 is 1.72 bits per heavy atom. The van der Waals surface area contributed by atoms with Crippen molar-refractivity contribution >= 4 is 34.5 Å². The van der Waals surface area contributed by atoms with Crippen LogP contribution in [-0.2, 0) is 26.2 Å². The molecule has 0 radical (unpaired) electrons. The Balaban J connectivity index is 1.73. The molecule has 0 aliphatic heterocycles. The number of esters is 1. The van der Waals surface area contributed by atoms with Crippen molar-refractivity contribution in [3.8, 4) is 0 Å².